The van der Waals surface area contributed by atoms with E-state index in [0.29, 0.717) is 22.0 Å². The number of amides is 1. The van der Waals surface area contributed by atoms with Gasteiger partial charge in [-0.05, 0) is 54.1 Å². The van der Waals surface area contributed by atoms with Crippen molar-refractivity contribution in [2.75, 3.05) is 5.32 Å². The van der Waals surface area contributed by atoms with Crippen molar-refractivity contribution in [1.29, 1.82) is 0 Å². The molecule has 7 nitrogen and oxygen atoms in total. The lowest BCUT2D eigenvalue weighted by Crippen LogP contribution is -2.16. The molecule has 0 spiro atoms. The van der Waals surface area contributed by atoms with Crippen molar-refractivity contribution in [3.8, 4) is 11.4 Å². The van der Waals surface area contributed by atoms with Crippen LogP contribution in [0.1, 0.15) is 12.5 Å². The Morgan fingerprint density at radius 1 is 1.00 bits per heavy atom. The Bertz CT molecular complexity index is 1370. The predicted molar refractivity (Wildman–Crippen MR) is 130 cm³/mol. The lowest BCUT2D eigenvalue weighted by Gasteiger charge is -2.08. The second-order valence-electron chi connectivity index (χ2n) is 7.05. The van der Waals surface area contributed by atoms with Crippen LogP contribution in [0.5, 0.6) is 0 Å². The fourth-order valence-corrected chi connectivity index (χ4v) is 5.47. The first-order chi connectivity index (χ1) is 15.8. The van der Waals surface area contributed by atoms with Gasteiger partial charge < -0.3 is 5.32 Å². The number of carbonyl (C=O) groups excluding carboxylic acids is 1. The van der Waals surface area contributed by atoms with Crippen LogP contribution >= 0.6 is 23.4 Å². The number of rotatable bonds is 7. The molecule has 3 aromatic carbocycles. The minimum absolute atomic E-state index is 0.0331. The quantitative estimate of drug-likeness (QED) is 0.357. The fraction of sp³-hybridized carbons (Fsp3) is 0.0870. The molecule has 168 valence electrons. The number of benzene rings is 3. The number of hydrogen-bond acceptors (Lipinski definition) is 6. The second kappa shape index (κ2) is 9.78. The van der Waals surface area contributed by atoms with Crippen LogP contribution in [0.25, 0.3) is 11.4 Å². The maximum absolute atomic E-state index is 13.4. The molecular weight excluding hydrogens is 480 g/mol. The first kappa shape index (κ1) is 23.0. The Morgan fingerprint density at radius 2 is 1.67 bits per heavy atom. The third-order valence-corrected chi connectivity index (χ3v) is 7.51. The standard InChI is InChI=1S/C23H19ClN4O3S2/c1-16(29)25-20-11-13-21(14-12-20)33(30,31)28-23(32-15-17-5-3-2-4-6-17)26-22(27-28)18-7-9-19(24)10-8-18/h2-14H,15H2,1H3,(H,25,29). The number of thioether (sulfide) groups is 1. The zero-order valence-electron chi connectivity index (χ0n) is 17.5. The molecule has 4 aromatic rings. The van der Waals surface area contributed by atoms with E-state index in [1.165, 1.54) is 43.0 Å². The largest absolute Gasteiger partial charge is 0.326 e. The molecule has 0 aliphatic heterocycles. The average Bonchev–Trinajstić information content (AvgIpc) is 3.24. The van der Waals surface area contributed by atoms with Crippen molar-refractivity contribution < 1.29 is 13.2 Å². The molecule has 0 fully saturated rings. The molecular formula is C23H19ClN4O3S2. The Labute approximate surface area is 200 Å². The van der Waals surface area contributed by atoms with Crippen LogP contribution in [0.2, 0.25) is 5.02 Å². The third kappa shape index (κ3) is 5.44. The Kier molecular flexibility index (Phi) is 6.83. The van der Waals surface area contributed by atoms with Gasteiger partial charge in [0, 0.05) is 29.0 Å². The monoisotopic (exact) mass is 498 g/mol. The van der Waals surface area contributed by atoms with Crippen molar-refractivity contribution in [3.63, 3.8) is 0 Å². The highest BCUT2D eigenvalue weighted by Crippen LogP contribution is 2.28. The first-order valence-corrected chi connectivity index (χ1v) is 12.7. The zero-order chi connectivity index (χ0) is 23.4. The van der Waals surface area contributed by atoms with Gasteiger partial charge in [-0.2, -0.15) is 13.4 Å². The lowest BCUT2D eigenvalue weighted by atomic mass is 10.2. The topological polar surface area (TPSA) is 94.0 Å². The summed E-state index contributed by atoms with van der Waals surface area (Å²) in [7, 11) is -4.03. The van der Waals surface area contributed by atoms with E-state index < -0.39 is 10.0 Å². The van der Waals surface area contributed by atoms with Gasteiger partial charge in [-0.15, -0.1) is 9.19 Å². The van der Waals surface area contributed by atoms with Gasteiger partial charge in [0.15, 0.2) is 5.82 Å². The molecule has 0 aliphatic carbocycles. The minimum Gasteiger partial charge on any atom is -0.326 e. The van der Waals surface area contributed by atoms with E-state index in [0.717, 1.165) is 9.65 Å². The van der Waals surface area contributed by atoms with Crippen molar-refractivity contribution >= 4 is 45.0 Å². The molecule has 1 N–H and O–H groups in total. The molecule has 0 bridgehead atoms. The molecule has 0 saturated heterocycles. The average molecular weight is 499 g/mol. The van der Waals surface area contributed by atoms with Crippen LogP contribution in [-0.4, -0.2) is 28.5 Å². The molecule has 4 rings (SSSR count). The molecule has 0 atom stereocenters. The van der Waals surface area contributed by atoms with E-state index in [1.807, 2.05) is 30.3 Å². The summed E-state index contributed by atoms with van der Waals surface area (Å²) in [4.78, 5) is 15.8. The summed E-state index contributed by atoms with van der Waals surface area (Å²) in [6.07, 6.45) is 0. The van der Waals surface area contributed by atoms with Crippen LogP contribution in [0.3, 0.4) is 0 Å². The number of aromatic nitrogens is 3. The SMILES string of the molecule is CC(=O)Nc1ccc(S(=O)(=O)n2nc(-c3ccc(Cl)cc3)nc2SCc2ccccc2)cc1. The molecule has 1 aromatic heterocycles. The smallest absolute Gasteiger partial charge is 0.285 e. The van der Waals surface area contributed by atoms with Gasteiger partial charge >= 0.3 is 0 Å². The molecule has 1 amide bonds. The maximum Gasteiger partial charge on any atom is 0.285 e. The number of nitrogens with one attached hydrogen (secondary N) is 1. The molecule has 0 aliphatic rings. The van der Waals surface area contributed by atoms with E-state index in [1.54, 1.807) is 24.3 Å². The van der Waals surface area contributed by atoms with Gasteiger partial charge in [0.05, 0.1) is 4.90 Å². The van der Waals surface area contributed by atoms with Crippen molar-refractivity contribution in [3.05, 3.63) is 89.4 Å². The van der Waals surface area contributed by atoms with Crippen molar-refractivity contribution in [2.24, 2.45) is 0 Å². The number of hydrogen-bond donors (Lipinski definition) is 1. The van der Waals surface area contributed by atoms with Crippen molar-refractivity contribution in [2.45, 2.75) is 22.7 Å². The Morgan fingerprint density at radius 3 is 2.30 bits per heavy atom. The fourth-order valence-electron chi connectivity index (χ4n) is 2.99. The summed E-state index contributed by atoms with van der Waals surface area (Å²) in [6, 6.07) is 22.5. The number of nitrogens with zero attached hydrogens (tertiary/aromatic N) is 3. The first-order valence-electron chi connectivity index (χ1n) is 9.86. The highest BCUT2D eigenvalue weighted by atomic mass is 35.5. The van der Waals surface area contributed by atoms with Crippen LogP contribution < -0.4 is 5.32 Å². The highest BCUT2D eigenvalue weighted by molar-refractivity contribution is 7.99. The van der Waals surface area contributed by atoms with Crippen molar-refractivity contribution in [1.82, 2.24) is 14.2 Å². The van der Waals surface area contributed by atoms with E-state index in [-0.39, 0.29) is 21.8 Å². The van der Waals surface area contributed by atoms with Crippen LogP contribution in [0.4, 0.5) is 5.69 Å². The number of halogens is 1. The summed E-state index contributed by atoms with van der Waals surface area (Å²) >= 11 is 7.26. The van der Waals surface area contributed by atoms with Crippen LogP contribution in [0, 0.1) is 0 Å². The van der Waals surface area contributed by atoms with E-state index in [2.05, 4.69) is 15.4 Å². The molecule has 1 heterocycles. The molecule has 33 heavy (non-hydrogen) atoms. The van der Waals surface area contributed by atoms with Gasteiger partial charge in [-0.1, -0.05) is 53.7 Å². The number of anilines is 1. The molecule has 0 saturated carbocycles. The van der Waals surface area contributed by atoms with Gasteiger partial charge in [-0.25, -0.2) is 0 Å². The molecule has 0 unspecified atom stereocenters. The zero-order valence-corrected chi connectivity index (χ0v) is 19.9. The summed E-state index contributed by atoms with van der Waals surface area (Å²) in [5.74, 6) is 0.561. The van der Waals surface area contributed by atoms with Gasteiger partial charge in [0.1, 0.15) is 0 Å². The maximum atomic E-state index is 13.4. The number of carbonyl (C=O) groups is 1. The van der Waals surface area contributed by atoms with Gasteiger partial charge in [0.25, 0.3) is 10.0 Å². The normalized spacial score (nSPS) is 11.3. The van der Waals surface area contributed by atoms with Crippen LogP contribution in [0.15, 0.2) is 88.9 Å². The van der Waals surface area contributed by atoms with E-state index in [4.69, 9.17) is 11.6 Å². The highest BCUT2D eigenvalue weighted by Gasteiger charge is 2.25. The van der Waals surface area contributed by atoms with E-state index >= 15 is 0 Å². The lowest BCUT2D eigenvalue weighted by molar-refractivity contribution is -0.114. The summed E-state index contributed by atoms with van der Waals surface area (Å²) < 4.78 is 27.8. The molecule has 10 heteroatoms. The minimum atomic E-state index is -4.03. The summed E-state index contributed by atoms with van der Waals surface area (Å²) in [6.45, 7) is 1.38. The Hall–Kier alpha value is -3.14. The Balaban J connectivity index is 1.72. The summed E-state index contributed by atoms with van der Waals surface area (Å²) in [5, 5.41) is 7.75. The van der Waals surface area contributed by atoms with Gasteiger partial charge in [-0.3, -0.25) is 4.79 Å². The second-order valence-corrected chi connectivity index (χ2v) is 10.2. The van der Waals surface area contributed by atoms with Gasteiger partial charge in [0.2, 0.25) is 11.1 Å². The summed E-state index contributed by atoms with van der Waals surface area (Å²) in [5.41, 5.74) is 2.18. The predicted octanol–water partition coefficient (Wildman–Crippen LogP) is 5.09. The van der Waals surface area contributed by atoms with Crippen LogP contribution in [-0.2, 0) is 20.6 Å². The molecule has 0 radical (unpaired) electrons. The third-order valence-electron chi connectivity index (χ3n) is 4.56. The van der Waals surface area contributed by atoms with E-state index in [9.17, 15) is 13.2 Å².